The van der Waals surface area contributed by atoms with E-state index in [-0.39, 0.29) is 24.4 Å². The Bertz CT molecular complexity index is 876. The Morgan fingerprint density at radius 3 is 3.00 bits per heavy atom. The van der Waals surface area contributed by atoms with Gasteiger partial charge in [-0.2, -0.15) is 11.3 Å². The fraction of sp³-hybridized carbons (Fsp3) is 0.143. The number of carbonyl (C=O) groups excluding carboxylic acids is 1. The van der Waals surface area contributed by atoms with Crippen molar-refractivity contribution in [1.82, 2.24) is 20.3 Å². The molecule has 2 aromatic heterocycles. The van der Waals surface area contributed by atoms with Crippen molar-refractivity contribution in [1.29, 1.82) is 0 Å². The van der Waals surface area contributed by atoms with Crippen molar-refractivity contribution in [2.45, 2.75) is 6.54 Å². The van der Waals surface area contributed by atoms with E-state index in [9.17, 15) is 14.0 Å². The van der Waals surface area contributed by atoms with Crippen LogP contribution in [0.2, 0.25) is 0 Å². The maximum Gasteiger partial charge on any atom is 0.277 e. The van der Waals surface area contributed by atoms with E-state index >= 15 is 0 Å². The average Bonchev–Trinajstić information content (AvgIpc) is 3.04. The van der Waals surface area contributed by atoms with Gasteiger partial charge in [-0.1, -0.05) is 5.21 Å². The lowest BCUT2D eigenvalue weighted by atomic mass is 10.2. The van der Waals surface area contributed by atoms with Gasteiger partial charge < -0.3 is 5.32 Å². The first-order valence-corrected chi connectivity index (χ1v) is 7.43. The van der Waals surface area contributed by atoms with Gasteiger partial charge >= 0.3 is 0 Å². The second-order valence-corrected chi connectivity index (χ2v) is 5.33. The topological polar surface area (TPSA) is 76.9 Å². The molecule has 2 heterocycles. The lowest BCUT2D eigenvalue weighted by Gasteiger charge is -2.06. The van der Waals surface area contributed by atoms with Crippen LogP contribution in [0.15, 0.2) is 39.8 Å². The molecule has 0 aliphatic heterocycles. The minimum Gasteiger partial charge on any atom is -0.350 e. The van der Waals surface area contributed by atoms with Gasteiger partial charge in [0.15, 0.2) is 0 Å². The number of carbonyl (C=O) groups is 1. The van der Waals surface area contributed by atoms with Crippen molar-refractivity contribution in [3.8, 4) is 0 Å². The Kier molecular flexibility index (Phi) is 3.92. The Balaban J connectivity index is 1.73. The van der Waals surface area contributed by atoms with E-state index < -0.39 is 11.4 Å². The molecule has 0 saturated heterocycles. The first-order valence-electron chi connectivity index (χ1n) is 6.48. The van der Waals surface area contributed by atoms with Gasteiger partial charge in [0, 0.05) is 17.5 Å². The molecule has 0 saturated carbocycles. The van der Waals surface area contributed by atoms with Crippen molar-refractivity contribution < 1.29 is 9.18 Å². The number of rotatable bonds is 4. The lowest BCUT2D eigenvalue weighted by Crippen LogP contribution is -2.32. The Labute approximate surface area is 128 Å². The molecule has 22 heavy (non-hydrogen) atoms. The highest BCUT2D eigenvalue weighted by atomic mass is 32.1. The molecule has 0 aliphatic carbocycles. The first kappa shape index (κ1) is 14.3. The zero-order chi connectivity index (χ0) is 15.5. The van der Waals surface area contributed by atoms with Gasteiger partial charge in [-0.3, -0.25) is 9.59 Å². The van der Waals surface area contributed by atoms with Crippen LogP contribution in [0.5, 0.6) is 0 Å². The van der Waals surface area contributed by atoms with Crippen LogP contribution in [0.1, 0.15) is 10.4 Å². The summed E-state index contributed by atoms with van der Waals surface area (Å²) >= 11 is 1.43. The molecule has 1 aromatic carbocycles. The number of hydrogen-bond donors (Lipinski definition) is 1. The highest BCUT2D eigenvalue weighted by Crippen LogP contribution is 2.07. The number of fused-ring (bicyclic) bond motifs is 1. The highest BCUT2D eigenvalue weighted by molar-refractivity contribution is 7.08. The quantitative estimate of drug-likeness (QED) is 0.789. The zero-order valence-electron chi connectivity index (χ0n) is 11.3. The van der Waals surface area contributed by atoms with Gasteiger partial charge in [0.05, 0.1) is 11.9 Å². The fourth-order valence-corrected chi connectivity index (χ4v) is 2.60. The molecule has 0 radical (unpaired) electrons. The van der Waals surface area contributed by atoms with E-state index in [1.165, 1.54) is 23.5 Å². The molecule has 6 nitrogen and oxygen atoms in total. The van der Waals surface area contributed by atoms with Crippen LogP contribution in [-0.4, -0.2) is 27.4 Å². The van der Waals surface area contributed by atoms with Crippen LogP contribution in [0.4, 0.5) is 4.39 Å². The van der Waals surface area contributed by atoms with E-state index in [2.05, 4.69) is 15.6 Å². The number of hydrogen-bond acceptors (Lipinski definition) is 5. The van der Waals surface area contributed by atoms with Crippen LogP contribution >= 0.6 is 11.3 Å². The normalized spacial score (nSPS) is 10.8. The van der Waals surface area contributed by atoms with E-state index in [0.717, 1.165) is 10.7 Å². The summed E-state index contributed by atoms with van der Waals surface area (Å²) in [6.45, 7) is 0.387. The van der Waals surface area contributed by atoms with Crippen molar-refractivity contribution in [3.63, 3.8) is 0 Å². The van der Waals surface area contributed by atoms with Crippen molar-refractivity contribution in [2.75, 3.05) is 6.54 Å². The first-order chi connectivity index (χ1) is 10.6. The van der Waals surface area contributed by atoms with E-state index in [1.807, 2.05) is 5.38 Å². The standard InChI is InChI=1S/C14H11FN4O2S/c15-10-1-2-12-11(7-10)14(21)19(18-17-12)5-4-16-13(20)9-3-6-22-8-9/h1-3,6-8H,4-5H2,(H,16,20). The van der Waals surface area contributed by atoms with Crippen molar-refractivity contribution >= 4 is 28.1 Å². The van der Waals surface area contributed by atoms with Crippen LogP contribution in [0.3, 0.4) is 0 Å². The monoisotopic (exact) mass is 318 g/mol. The molecule has 3 rings (SSSR count). The maximum absolute atomic E-state index is 13.2. The summed E-state index contributed by atoms with van der Waals surface area (Å²) in [5.74, 6) is -0.719. The van der Waals surface area contributed by atoms with E-state index in [1.54, 1.807) is 11.4 Å². The van der Waals surface area contributed by atoms with Crippen LogP contribution < -0.4 is 10.9 Å². The summed E-state index contributed by atoms with van der Waals surface area (Å²) in [7, 11) is 0. The number of halogens is 1. The van der Waals surface area contributed by atoms with Crippen molar-refractivity contribution in [3.05, 3.63) is 56.8 Å². The molecule has 112 valence electrons. The second kappa shape index (κ2) is 6.02. The predicted octanol–water partition coefficient (Wildman–Crippen LogP) is 1.42. The van der Waals surface area contributed by atoms with Gasteiger partial charge in [0.2, 0.25) is 0 Å². The smallest absolute Gasteiger partial charge is 0.277 e. The maximum atomic E-state index is 13.2. The summed E-state index contributed by atoms with van der Waals surface area (Å²) in [5.41, 5.74) is 0.475. The second-order valence-electron chi connectivity index (χ2n) is 4.55. The summed E-state index contributed by atoms with van der Waals surface area (Å²) in [5, 5.41) is 14.0. The third-order valence-electron chi connectivity index (χ3n) is 3.08. The number of benzene rings is 1. The third kappa shape index (κ3) is 2.86. The molecular formula is C14H11FN4O2S. The molecular weight excluding hydrogens is 307 g/mol. The Morgan fingerprint density at radius 2 is 2.23 bits per heavy atom. The molecule has 0 atom stereocenters. The fourth-order valence-electron chi connectivity index (χ4n) is 1.97. The molecule has 1 amide bonds. The number of aromatic nitrogens is 3. The van der Waals surface area contributed by atoms with Crippen molar-refractivity contribution in [2.24, 2.45) is 0 Å². The van der Waals surface area contributed by atoms with Crippen LogP contribution in [-0.2, 0) is 6.54 Å². The lowest BCUT2D eigenvalue weighted by molar-refractivity contribution is 0.0952. The minimum absolute atomic E-state index is 0.161. The zero-order valence-corrected chi connectivity index (χ0v) is 12.1. The minimum atomic E-state index is -0.505. The van der Waals surface area contributed by atoms with Crippen LogP contribution in [0.25, 0.3) is 10.9 Å². The predicted molar refractivity (Wildman–Crippen MR) is 80.4 cm³/mol. The molecule has 1 N–H and O–H groups in total. The molecule has 0 spiro atoms. The summed E-state index contributed by atoms with van der Waals surface area (Å²) in [6, 6.07) is 5.47. The summed E-state index contributed by atoms with van der Waals surface area (Å²) in [4.78, 5) is 23.9. The van der Waals surface area contributed by atoms with Crippen LogP contribution in [0, 0.1) is 5.82 Å². The SMILES string of the molecule is O=C(NCCn1nnc2ccc(F)cc2c1=O)c1ccsc1. The van der Waals surface area contributed by atoms with Gasteiger partial charge in [-0.05, 0) is 29.6 Å². The Morgan fingerprint density at radius 1 is 1.36 bits per heavy atom. The molecule has 0 fully saturated rings. The average molecular weight is 318 g/mol. The van der Waals surface area contributed by atoms with Gasteiger partial charge in [0.1, 0.15) is 11.3 Å². The highest BCUT2D eigenvalue weighted by Gasteiger charge is 2.08. The van der Waals surface area contributed by atoms with E-state index in [0.29, 0.717) is 11.1 Å². The molecule has 0 bridgehead atoms. The van der Waals surface area contributed by atoms with Gasteiger partial charge in [0.25, 0.3) is 11.5 Å². The van der Waals surface area contributed by atoms with Gasteiger partial charge in [-0.25, -0.2) is 9.07 Å². The largest absolute Gasteiger partial charge is 0.350 e. The summed E-state index contributed by atoms with van der Waals surface area (Å²) in [6.07, 6.45) is 0. The summed E-state index contributed by atoms with van der Waals surface area (Å²) < 4.78 is 14.3. The molecule has 0 aliphatic rings. The number of nitrogens with one attached hydrogen (secondary N) is 1. The molecule has 0 unspecified atom stereocenters. The number of amides is 1. The van der Waals surface area contributed by atoms with E-state index in [4.69, 9.17) is 0 Å². The third-order valence-corrected chi connectivity index (χ3v) is 3.76. The number of nitrogens with zero attached hydrogens (tertiary/aromatic N) is 3. The molecule has 8 heteroatoms. The van der Waals surface area contributed by atoms with Gasteiger partial charge in [-0.15, -0.1) is 5.10 Å². The molecule has 3 aromatic rings. The number of thiophene rings is 1. The Hall–Kier alpha value is -2.61.